The summed E-state index contributed by atoms with van der Waals surface area (Å²) < 4.78 is 3.32. The predicted octanol–water partition coefficient (Wildman–Crippen LogP) is 4.25. The first-order valence-electron chi connectivity index (χ1n) is 6.17. The predicted molar refractivity (Wildman–Crippen MR) is 88.7 cm³/mol. The monoisotopic (exact) mass is 382 g/mol. The lowest BCUT2D eigenvalue weighted by Gasteiger charge is -2.11. The summed E-state index contributed by atoms with van der Waals surface area (Å²) in [4.78, 5) is 10.00. The van der Waals surface area contributed by atoms with E-state index in [1.165, 1.54) is 15.2 Å². The lowest BCUT2D eigenvalue weighted by Crippen LogP contribution is -2.00. The molecule has 0 bridgehead atoms. The molecule has 0 fully saturated rings. The van der Waals surface area contributed by atoms with Crippen molar-refractivity contribution in [1.29, 1.82) is 0 Å². The molecule has 20 heavy (non-hydrogen) atoms. The van der Waals surface area contributed by atoms with E-state index in [0.717, 1.165) is 28.8 Å². The average Bonchev–Trinajstić information content (AvgIpc) is 2.65. The Hall–Kier alpha value is -1.63. The van der Waals surface area contributed by atoms with Crippen molar-refractivity contribution in [3.05, 3.63) is 66.7 Å². The van der Waals surface area contributed by atoms with Gasteiger partial charge in [0.15, 0.2) is 0 Å². The van der Waals surface area contributed by atoms with Crippen molar-refractivity contribution in [1.82, 2.24) is 4.57 Å². The number of halogens is 1. The Balaban J connectivity index is 2.52. The summed E-state index contributed by atoms with van der Waals surface area (Å²) in [5, 5.41) is 10.4. The number of hydrogen-bond donors (Lipinski definition) is 0. The van der Waals surface area contributed by atoms with Gasteiger partial charge in [-0.2, -0.15) is 0 Å². The molecule has 1 aromatic heterocycles. The zero-order valence-electron chi connectivity index (χ0n) is 11.6. The molecule has 0 unspecified atom stereocenters. The van der Waals surface area contributed by atoms with E-state index in [1.807, 2.05) is 19.9 Å². The first-order valence-corrected chi connectivity index (χ1v) is 7.25. The van der Waals surface area contributed by atoms with Crippen molar-refractivity contribution in [2.45, 2.75) is 20.8 Å². The van der Waals surface area contributed by atoms with Crippen LogP contribution in [0.25, 0.3) is 11.8 Å². The van der Waals surface area contributed by atoms with E-state index in [9.17, 15) is 10.1 Å². The van der Waals surface area contributed by atoms with Gasteiger partial charge in [-0.1, -0.05) is 6.07 Å². The summed E-state index contributed by atoms with van der Waals surface area (Å²) in [5.74, 6) is 0. The van der Waals surface area contributed by atoms with Crippen molar-refractivity contribution in [3.8, 4) is 5.69 Å². The smallest absolute Gasteiger partial charge is 0.235 e. The van der Waals surface area contributed by atoms with Gasteiger partial charge >= 0.3 is 0 Å². The molecular weight excluding hydrogens is 367 g/mol. The standard InChI is InChI=1S/C15H15IN2O2/c1-10-4-5-14(9-15(10)16)18-11(2)8-13(12(18)3)6-7-17(19)20/h4-9H,1-3H3. The molecule has 0 N–H and O–H groups in total. The third-order valence-electron chi connectivity index (χ3n) is 3.26. The number of nitrogens with zero attached hydrogens (tertiary/aromatic N) is 2. The molecule has 1 heterocycles. The van der Waals surface area contributed by atoms with Gasteiger partial charge in [0, 0.05) is 32.3 Å². The highest BCUT2D eigenvalue weighted by atomic mass is 127. The molecule has 0 aliphatic heterocycles. The van der Waals surface area contributed by atoms with E-state index in [1.54, 1.807) is 0 Å². The summed E-state index contributed by atoms with van der Waals surface area (Å²) in [6.07, 6.45) is 2.52. The fourth-order valence-corrected chi connectivity index (χ4v) is 2.71. The number of aryl methyl sites for hydroxylation is 2. The number of aromatic nitrogens is 1. The molecule has 0 aliphatic carbocycles. The first kappa shape index (κ1) is 14.8. The molecule has 0 radical (unpaired) electrons. The maximum atomic E-state index is 10.4. The van der Waals surface area contributed by atoms with Gasteiger partial charge in [0.05, 0.1) is 4.92 Å². The van der Waals surface area contributed by atoms with Gasteiger partial charge in [-0.05, 0) is 67.1 Å². The molecule has 2 aromatic rings. The number of rotatable bonds is 3. The molecule has 0 aliphatic rings. The fourth-order valence-electron chi connectivity index (χ4n) is 2.22. The van der Waals surface area contributed by atoms with Crippen LogP contribution in [0, 0.1) is 34.5 Å². The van der Waals surface area contributed by atoms with Crippen molar-refractivity contribution in [3.63, 3.8) is 0 Å². The van der Waals surface area contributed by atoms with Crippen LogP contribution in [0.15, 0.2) is 30.5 Å². The highest BCUT2D eigenvalue weighted by Gasteiger charge is 2.10. The van der Waals surface area contributed by atoms with E-state index in [0.29, 0.717) is 0 Å². The molecular formula is C15H15IN2O2. The van der Waals surface area contributed by atoms with Gasteiger partial charge in [0.25, 0.3) is 0 Å². The van der Waals surface area contributed by atoms with Gasteiger partial charge in [-0.3, -0.25) is 10.1 Å². The lowest BCUT2D eigenvalue weighted by molar-refractivity contribution is -0.400. The van der Waals surface area contributed by atoms with E-state index in [-0.39, 0.29) is 0 Å². The lowest BCUT2D eigenvalue weighted by atomic mass is 10.2. The summed E-state index contributed by atoms with van der Waals surface area (Å²) >= 11 is 2.32. The maximum absolute atomic E-state index is 10.4. The topological polar surface area (TPSA) is 48.1 Å². The number of benzene rings is 1. The van der Waals surface area contributed by atoms with Crippen LogP contribution >= 0.6 is 22.6 Å². The van der Waals surface area contributed by atoms with Gasteiger partial charge < -0.3 is 4.57 Å². The zero-order chi connectivity index (χ0) is 14.9. The van der Waals surface area contributed by atoms with Crippen LogP contribution in [0.5, 0.6) is 0 Å². The third-order valence-corrected chi connectivity index (χ3v) is 4.42. The zero-order valence-corrected chi connectivity index (χ0v) is 13.7. The van der Waals surface area contributed by atoms with E-state index in [4.69, 9.17) is 0 Å². The van der Waals surface area contributed by atoms with Crippen LogP contribution in [0.3, 0.4) is 0 Å². The van der Waals surface area contributed by atoms with Crippen LogP contribution in [0.2, 0.25) is 0 Å². The van der Waals surface area contributed by atoms with Gasteiger partial charge in [-0.15, -0.1) is 0 Å². The van der Waals surface area contributed by atoms with E-state index < -0.39 is 4.92 Å². The van der Waals surface area contributed by atoms with Crippen molar-refractivity contribution in [2.75, 3.05) is 0 Å². The third kappa shape index (κ3) is 2.92. The highest BCUT2D eigenvalue weighted by Crippen LogP contribution is 2.24. The fraction of sp³-hybridized carbons (Fsp3) is 0.200. The quantitative estimate of drug-likeness (QED) is 0.453. The molecule has 4 nitrogen and oxygen atoms in total. The summed E-state index contributed by atoms with van der Waals surface area (Å²) in [7, 11) is 0. The van der Waals surface area contributed by atoms with Crippen LogP contribution in [-0.2, 0) is 0 Å². The SMILES string of the molecule is Cc1ccc(-n2c(C)cc(C=C[N+](=O)[O-])c2C)cc1I. The Morgan fingerprint density at radius 2 is 1.95 bits per heavy atom. The summed E-state index contributed by atoms with van der Waals surface area (Å²) in [6.45, 7) is 6.05. The molecule has 0 amide bonds. The highest BCUT2D eigenvalue weighted by molar-refractivity contribution is 14.1. The number of hydrogen-bond acceptors (Lipinski definition) is 2. The van der Waals surface area contributed by atoms with Crippen LogP contribution in [-0.4, -0.2) is 9.49 Å². The normalized spacial score (nSPS) is 11.2. The van der Waals surface area contributed by atoms with E-state index >= 15 is 0 Å². The Kier molecular flexibility index (Phi) is 4.27. The van der Waals surface area contributed by atoms with Crippen molar-refractivity contribution >= 4 is 28.7 Å². The minimum atomic E-state index is -0.444. The molecule has 1 aromatic carbocycles. The molecule has 0 atom stereocenters. The van der Waals surface area contributed by atoms with E-state index in [2.05, 4.69) is 52.3 Å². The van der Waals surface area contributed by atoms with Gasteiger partial charge in [-0.25, -0.2) is 0 Å². The first-order chi connectivity index (χ1) is 9.40. The summed E-state index contributed by atoms with van der Waals surface area (Å²) in [6, 6.07) is 8.24. The minimum Gasteiger partial charge on any atom is -0.318 e. The van der Waals surface area contributed by atoms with Gasteiger partial charge in [0.2, 0.25) is 6.20 Å². The molecule has 5 heteroatoms. The van der Waals surface area contributed by atoms with Crippen LogP contribution in [0.4, 0.5) is 0 Å². The van der Waals surface area contributed by atoms with Crippen molar-refractivity contribution < 1.29 is 4.92 Å². The Bertz CT molecular complexity index is 702. The average molecular weight is 382 g/mol. The summed E-state index contributed by atoms with van der Waals surface area (Å²) in [5.41, 5.74) is 5.25. The second-order valence-corrected chi connectivity index (χ2v) is 5.86. The van der Waals surface area contributed by atoms with Gasteiger partial charge in [0.1, 0.15) is 0 Å². The molecule has 2 rings (SSSR count). The Morgan fingerprint density at radius 1 is 1.25 bits per heavy atom. The Morgan fingerprint density at radius 3 is 2.55 bits per heavy atom. The molecule has 0 saturated carbocycles. The minimum absolute atomic E-state index is 0.444. The van der Waals surface area contributed by atoms with Crippen LogP contribution < -0.4 is 0 Å². The molecule has 104 valence electrons. The maximum Gasteiger partial charge on any atom is 0.235 e. The second-order valence-electron chi connectivity index (χ2n) is 4.70. The molecule has 0 saturated heterocycles. The van der Waals surface area contributed by atoms with Crippen LogP contribution in [0.1, 0.15) is 22.5 Å². The van der Waals surface area contributed by atoms with Crippen molar-refractivity contribution in [2.24, 2.45) is 0 Å². The largest absolute Gasteiger partial charge is 0.318 e. The molecule has 0 spiro atoms. The Labute approximate surface area is 131 Å². The second kappa shape index (κ2) is 5.78. The number of nitro groups is 1.